The first-order valence-electron chi connectivity index (χ1n) is 5.95. The first-order chi connectivity index (χ1) is 10.0. The Kier molecular flexibility index (Phi) is 3.48. The fraction of sp³-hybridized carbons (Fsp3) is 0. The normalized spacial score (nSPS) is 10.8. The number of halogens is 2. The van der Waals surface area contributed by atoms with Crippen LogP contribution in [0.25, 0.3) is 10.2 Å². The maximum atomic E-state index is 13.1. The van der Waals surface area contributed by atoms with E-state index in [1.165, 1.54) is 23.5 Å². The van der Waals surface area contributed by atoms with Gasteiger partial charge in [0.05, 0.1) is 15.9 Å². The van der Waals surface area contributed by atoms with Crippen LogP contribution in [-0.2, 0) is 0 Å². The highest BCUT2D eigenvalue weighted by Gasteiger charge is 2.11. The Morgan fingerprint density at radius 3 is 2.86 bits per heavy atom. The van der Waals surface area contributed by atoms with Gasteiger partial charge in [-0.15, -0.1) is 0 Å². The van der Waals surface area contributed by atoms with E-state index in [-0.39, 0.29) is 11.3 Å². The zero-order valence-corrected chi connectivity index (χ0v) is 12.1. The number of nitrogens with zero attached hydrogens (tertiary/aromatic N) is 1. The zero-order valence-electron chi connectivity index (χ0n) is 10.6. The first-order valence-corrected chi connectivity index (χ1v) is 7.15. The number of anilines is 2. The molecule has 0 aliphatic heterocycles. The third-order valence-electron chi connectivity index (χ3n) is 2.83. The molecule has 0 aliphatic rings. The van der Waals surface area contributed by atoms with Crippen molar-refractivity contribution >= 4 is 49.9 Å². The number of nitrogens with two attached hydrogens (primary N) is 1. The van der Waals surface area contributed by atoms with Crippen LogP contribution in [0, 0.1) is 5.82 Å². The van der Waals surface area contributed by atoms with Crippen LogP contribution in [0.4, 0.5) is 15.2 Å². The topological polar surface area (TPSA) is 68.0 Å². The molecule has 106 valence electrons. The van der Waals surface area contributed by atoms with Gasteiger partial charge in [0.1, 0.15) is 5.82 Å². The molecule has 0 unspecified atom stereocenters. The molecule has 3 aromatic rings. The number of carbonyl (C=O) groups is 1. The number of nitrogens with one attached hydrogen (secondary N) is 1. The Labute approximate surface area is 128 Å². The maximum Gasteiger partial charge on any atom is 0.257 e. The standard InChI is InChI=1S/C14H9ClFN3OS/c15-8-2-4-11-12(6-8)21-14(18-11)19-13(20)7-1-3-9(16)10(17)5-7/h1-6H,17H2,(H,18,19,20). The Balaban J connectivity index is 1.87. The summed E-state index contributed by atoms with van der Waals surface area (Å²) in [6.07, 6.45) is 0. The van der Waals surface area contributed by atoms with Gasteiger partial charge in [-0.2, -0.15) is 0 Å². The second-order valence-electron chi connectivity index (χ2n) is 4.32. The number of amides is 1. The molecule has 0 saturated heterocycles. The van der Waals surface area contributed by atoms with Gasteiger partial charge in [-0.25, -0.2) is 9.37 Å². The van der Waals surface area contributed by atoms with Crippen LogP contribution in [0.5, 0.6) is 0 Å². The Bertz CT molecular complexity index is 849. The molecule has 0 saturated carbocycles. The van der Waals surface area contributed by atoms with Crippen LogP contribution in [0.2, 0.25) is 5.02 Å². The summed E-state index contributed by atoms with van der Waals surface area (Å²) in [4.78, 5) is 16.4. The van der Waals surface area contributed by atoms with E-state index in [9.17, 15) is 9.18 Å². The van der Waals surface area contributed by atoms with E-state index in [4.69, 9.17) is 17.3 Å². The lowest BCUT2D eigenvalue weighted by atomic mass is 10.2. The average Bonchev–Trinajstić information content (AvgIpc) is 2.83. The summed E-state index contributed by atoms with van der Waals surface area (Å²) < 4.78 is 14.0. The number of thiazole rings is 1. The monoisotopic (exact) mass is 321 g/mol. The van der Waals surface area contributed by atoms with Crippen molar-refractivity contribution in [1.29, 1.82) is 0 Å². The van der Waals surface area contributed by atoms with Crippen molar-refractivity contribution in [1.82, 2.24) is 4.98 Å². The lowest BCUT2D eigenvalue weighted by Gasteiger charge is -2.03. The minimum absolute atomic E-state index is 0.0706. The van der Waals surface area contributed by atoms with Crippen LogP contribution >= 0.6 is 22.9 Å². The first kappa shape index (κ1) is 13.8. The molecule has 1 aromatic heterocycles. The van der Waals surface area contributed by atoms with Gasteiger partial charge in [-0.1, -0.05) is 22.9 Å². The van der Waals surface area contributed by atoms with E-state index >= 15 is 0 Å². The van der Waals surface area contributed by atoms with Crippen molar-refractivity contribution in [2.75, 3.05) is 11.1 Å². The molecule has 0 fully saturated rings. The molecule has 3 N–H and O–H groups in total. The molecule has 1 heterocycles. The van der Waals surface area contributed by atoms with Gasteiger partial charge >= 0.3 is 0 Å². The maximum absolute atomic E-state index is 13.1. The van der Waals surface area contributed by atoms with Gasteiger partial charge < -0.3 is 5.73 Å². The zero-order chi connectivity index (χ0) is 15.0. The van der Waals surface area contributed by atoms with Gasteiger partial charge in [0.15, 0.2) is 5.13 Å². The van der Waals surface area contributed by atoms with Crippen LogP contribution in [0.15, 0.2) is 36.4 Å². The fourth-order valence-electron chi connectivity index (χ4n) is 1.81. The van der Waals surface area contributed by atoms with Crippen LogP contribution in [0.3, 0.4) is 0 Å². The van der Waals surface area contributed by atoms with Crippen molar-refractivity contribution in [2.24, 2.45) is 0 Å². The third-order valence-corrected chi connectivity index (χ3v) is 4.00. The Morgan fingerprint density at radius 2 is 2.10 bits per heavy atom. The van der Waals surface area contributed by atoms with Crippen LogP contribution < -0.4 is 11.1 Å². The van der Waals surface area contributed by atoms with Gasteiger partial charge in [-0.05, 0) is 36.4 Å². The third kappa shape index (κ3) is 2.81. The number of hydrogen-bond acceptors (Lipinski definition) is 4. The second-order valence-corrected chi connectivity index (χ2v) is 5.79. The summed E-state index contributed by atoms with van der Waals surface area (Å²) in [5.41, 5.74) is 6.39. The van der Waals surface area contributed by atoms with Crippen molar-refractivity contribution < 1.29 is 9.18 Å². The smallest absolute Gasteiger partial charge is 0.257 e. The van der Waals surface area contributed by atoms with Crippen molar-refractivity contribution in [3.63, 3.8) is 0 Å². The molecule has 0 bridgehead atoms. The lowest BCUT2D eigenvalue weighted by Crippen LogP contribution is -2.12. The summed E-state index contributed by atoms with van der Waals surface area (Å²) >= 11 is 7.21. The average molecular weight is 322 g/mol. The van der Waals surface area contributed by atoms with E-state index in [0.29, 0.717) is 10.2 Å². The molecule has 0 atom stereocenters. The molecule has 0 radical (unpaired) electrons. The molecule has 21 heavy (non-hydrogen) atoms. The van der Waals surface area contributed by atoms with Crippen LogP contribution in [-0.4, -0.2) is 10.9 Å². The number of nitrogen functional groups attached to an aromatic ring is 1. The number of hydrogen-bond donors (Lipinski definition) is 2. The summed E-state index contributed by atoms with van der Waals surface area (Å²) in [5, 5.41) is 3.71. The number of fused-ring (bicyclic) bond motifs is 1. The van der Waals surface area contributed by atoms with E-state index in [1.54, 1.807) is 18.2 Å². The molecular weight excluding hydrogens is 313 g/mol. The number of benzene rings is 2. The second kappa shape index (κ2) is 5.31. The Morgan fingerprint density at radius 1 is 1.29 bits per heavy atom. The molecule has 3 rings (SSSR count). The molecule has 4 nitrogen and oxygen atoms in total. The van der Waals surface area contributed by atoms with Gasteiger partial charge in [0.25, 0.3) is 5.91 Å². The van der Waals surface area contributed by atoms with E-state index in [1.807, 2.05) is 0 Å². The number of aromatic nitrogens is 1. The van der Waals surface area contributed by atoms with Crippen molar-refractivity contribution in [3.8, 4) is 0 Å². The van der Waals surface area contributed by atoms with E-state index < -0.39 is 11.7 Å². The highest BCUT2D eigenvalue weighted by atomic mass is 35.5. The summed E-state index contributed by atoms with van der Waals surface area (Å²) in [5.74, 6) is -0.951. The molecular formula is C14H9ClFN3OS. The van der Waals surface area contributed by atoms with E-state index in [0.717, 1.165) is 16.3 Å². The number of rotatable bonds is 2. The molecule has 1 amide bonds. The highest BCUT2D eigenvalue weighted by Crippen LogP contribution is 2.28. The highest BCUT2D eigenvalue weighted by molar-refractivity contribution is 7.22. The lowest BCUT2D eigenvalue weighted by molar-refractivity contribution is 0.102. The number of carbonyl (C=O) groups excluding carboxylic acids is 1. The predicted octanol–water partition coefficient (Wildman–Crippen LogP) is 3.92. The Hall–Kier alpha value is -2.18. The van der Waals surface area contributed by atoms with Gasteiger partial charge in [0.2, 0.25) is 0 Å². The quantitative estimate of drug-likeness (QED) is 0.703. The van der Waals surface area contributed by atoms with Gasteiger partial charge in [-0.3, -0.25) is 10.1 Å². The van der Waals surface area contributed by atoms with Crippen molar-refractivity contribution in [3.05, 3.63) is 52.8 Å². The molecule has 0 aliphatic carbocycles. The minimum Gasteiger partial charge on any atom is -0.396 e. The predicted molar refractivity (Wildman–Crippen MR) is 83.4 cm³/mol. The van der Waals surface area contributed by atoms with Gasteiger partial charge in [0, 0.05) is 10.6 Å². The summed E-state index contributed by atoms with van der Waals surface area (Å²) in [6, 6.07) is 9.10. The SMILES string of the molecule is Nc1cc(C(=O)Nc2nc3ccc(Cl)cc3s2)ccc1F. The van der Waals surface area contributed by atoms with Crippen LogP contribution in [0.1, 0.15) is 10.4 Å². The summed E-state index contributed by atoms with van der Waals surface area (Å²) in [7, 11) is 0. The summed E-state index contributed by atoms with van der Waals surface area (Å²) in [6.45, 7) is 0. The van der Waals surface area contributed by atoms with Crippen molar-refractivity contribution in [2.45, 2.75) is 0 Å². The largest absolute Gasteiger partial charge is 0.396 e. The fourth-order valence-corrected chi connectivity index (χ4v) is 2.94. The molecule has 7 heteroatoms. The van der Waals surface area contributed by atoms with E-state index in [2.05, 4.69) is 10.3 Å². The molecule has 0 spiro atoms. The minimum atomic E-state index is -0.554. The molecule has 2 aromatic carbocycles.